The molecule has 0 bridgehead atoms. The van der Waals surface area contributed by atoms with Gasteiger partial charge in [0.05, 0.1) is 11.2 Å². The van der Waals surface area contributed by atoms with Crippen molar-refractivity contribution in [2.45, 2.75) is 6.54 Å². The van der Waals surface area contributed by atoms with Gasteiger partial charge in [0.15, 0.2) is 0 Å². The lowest BCUT2D eigenvalue weighted by Gasteiger charge is -2.20. The van der Waals surface area contributed by atoms with Crippen LogP contribution < -0.4 is 0 Å². The van der Waals surface area contributed by atoms with Crippen molar-refractivity contribution in [3.63, 3.8) is 0 Å². The molecule has 0 radical (unpaired) electrons. The van der Waals surface area contributed by atoms with Crippen LogP contribution in [-0.4, -0.2) is 51.9 Å². The van der Waals surface area contributed by atoms with E-state index in [2.05, 4.69) is 20.9 Å². The van der Waals surface area contributed by atoms with E-state index in [0.29, 0.717) is 17.5 Å². The number of amides is 1. The molecule has 5 nitrogen and oxygen atoms in total. The van der Waals surface area contributed by atoms with Crippen molar-refractivity contribution < 1.29 is 4.79 Å². The number of carbonyl (C=O) groups excluding carboxylic acids is 1. The monoisotopic (exact) mass is 314 g/mol. The molecule has 0 aliphatic carbocycles. The second-order valence-corrected chi connectivity index (χ2v) is 6.84. The third-order valence-electron chi connectivity index (χ3n) is 4.61. The summed E-state index contributed by atoms with van der Waals surface area (Å²) in [6.07, 6.45) is 1.85. The Labute approximate surface area is 133 Å². The second-order valence-electron chi connectivity index (χ2n) is 6.12. The van der Waals surface area contributed by atoms with Crippen LogP contribution in [0.2, 0.25) is 0 Å². The molecule has 2 aromatic heterocycles. The first kappa shape index (κ1) is 13.8. The van der Waals surface area contributed by atoms with E-state index in [1.165, 1.54) is 11.3 Å². The van der Waals surface area contributed by atoms with Gasteiger partial charge in [-0.1, -0.05) is 6.07 Å². The number of aromatic nitrogens is 2. The molecule has 0 unspecified atom stereocenters. The fourth-order valence-electron chi connectivity index (χ4n) is 3.59. The molecule has 4 rings (SSSR count). The maximum atomic E-state index is 12.4. The van der Waals surface area contributed by atoms with Crippen molar-refractivity contribution in [1.82, 2.24) is 19.8 Å². The summed E-state index contributed by atoms with van der Waals surface area (Å²) in [4.78, 5) is 25.3. The van der Waals surface area contributed by atoms with Crippen LogP contribution in [0.4, 0.5) is 0 Å². The fraction of sp³-hybridized carbons (Fsp3) is 0.438. The molecule has 2 aliphatic heterocycles. The Morgan fingerprint density at radius 2 is 2.00 bits per heavy atom. The molecule has 0 N–H and O–H groups in total. The molecule has 1 amide bonds. The van der Waals surface area contributed by atoms with Gasteiger partial charge in [0.25, 0.3) is 5.91 Å². The maximum absolute atomic E-state index is 12.4. The maximum Gasteiger partial charge on any atom is 0.273 e. The zero-order valence-corrected chi connectivity index (χ0v) is 13.1. The van der Waals surface area contributed by atoms with Gasteiger partial charge in [0.2, 0.25) is 0 Å². The lowest BCUT2D eigenvalue weighted by molar-refractivity contribution is 0.0768. The predicted molar refractivity (Wildman–Crippen MR) is 84.5 cm³/mol. The quantitative estimate of drug-likeness (QED) is 0.866. The molecular weight excluding hydrogens is 296 g/mol. The van der Waals surface area contributed by atoms with E-state index in [1.54, 1.807) is 5.51 Å². The van der Waals surface area contributed by atoms with Crippen LogP contribution in [0.1, 0.15) is 16.2 Å². The Balaban J connectivity index is 1.36. The van der Waals surface area contributed by atoms with Crippen LogP contribution >= 0.6 is 11.3 Å². The van der Waals surface area contributed by atoms with Crippen molar-refractivity contribution in [1.29, 1.82) is 0 Å². The highest BCUT2D eigenvalue weighted by Crippen LogP contribution is 2.32. The molecule has 2 aromatic rings. The number of hydrogen-bond donors (Lipinski definition) is 0. The molecule has 2 saturated heterocycles. The Morgan fingerprint density at radius 1 is 1.18 bits per heavy atom. The lowest BCUT2D eigenvalue weighted by atomic mass is 10.0. The number of pyridine rings is 1. The number of fused-ring (bicyclic) bond motifs is 1. The molecule has 0 saturated carbocycles. The van der Waals surface area contributed by atoms with Crippen LogP contribution in [-0.2, 0) is 6.54 Å². The molecule has 2 fully saturated rings. The van der Waals surface area contributed by atoms with Gasteiger partial charge in [-0.05, 0) is 24.0 Å². The number of nitrogens with zero attached hydrogens (tertiary/aromatic N) is 4. The summed E-state index contributed by atoms with van der Waals surface area (Å²) in [6, 6.07) is 6.06. The third-order valence-corrected chi connectivity index (χ3v) is 5.20. The van der Waals surface area contributed by atoms with Gasteiger partial charge in [0, 0.05) is 44.3 Å². The lowest BCUT2D eigenvalue weighted by Crippen LogP contribution is -2.33. The van der Waals surface area contributed by atoms with Crippen molar-refractivity contribution in [3.05, 3.63) is 46.7 Å². The van der Waals surface area contributed by atoms with Gasteiger partial charge < -0.3 is 4.90 Å². The second kappa shape index (κ2) is 5.78. The van der Waals surface area contributed by atoms with Gasteiger partial charge in [-0.2, -0.15) is 0 Å². The Morgan fingerprint density at radius 3 is 2.64 bits per heavy atom. The normalized spacial score (nSPS) is 24.6. The van der Waals surface area contributed by atoms with E-state index in [1.807, 2.05) is 28.6 Å². The highest BCUT2D eigenvalue weighted by Gasteiger charge is 2.41. The highest BCUT2D eigenvalue weighted by molar-refractivity contribution is 7.07. The van der Waals surface area contributed by atoms with Gasteiger partial charge in [0.1, 0.15) is 5.69 Å². The summed E-state index contributed by atoms with van der Waals surface area (Å²) in [5.74, 6) is 1.27. The van der Waals surface area contributed by atoms with E-state index >= 15 is 0 Å². The molecule has 2 aliphatic rings. The molecule has 2 atom stereocenters. The van der Waals surface area contributed by atoms with Crippen LogP contribution in [0.5, 0.6) is 0 Å². The fourth-order valence-corrected chi connectivity index (χ4v) is 4.11. The largest absolute Gasteiger partial charge is 0.337 e. The summed E-state index contributed by atoms with van der Waals surface area (Å²) in [5.41, 5.74) is 3.44. The van der Waals surface area contributed by atoms with Crippen molar-refractivity contribution in [2.75, 3.05) is 26.2 Å². The van der Waals surface area contributed by atoms with Crippen molar-refractivity contribution in [3.8, 4) is 0 Å². The first-order chi connectivity index (χ1) is 10.8. The van der Waals surface area contributed by atoms with Crippen LogP contribution in [0.3, 0.4) is 0 Å². The number of carbonyl (C=O) groups is 1. The molecular formula is C16H18N4OS. The highest BCUT2D eigenvalue weighted by atomic mass is 32.1. The summed E-state index contributed by atoms with van der Waals surface area (Å²) in [6.45, 7) is 4.75. The molecule has 0 spiro atoms. The predicted octanol–water partition coefficient (Wildman–Crippen LogP) is 1.74. The van der Waals surface area contributed by atoms with E-state index < -0.39 is 0 Å². The van der Waals surface area contributed by atoms with Crippen molar-refractivity contribution >= 4 is 17.2 Å². The molecule has 0 aromatic carbocycles. The molecule has 114 valence electrons. The molecule has 4 heterocycles. The number of rotatable bonds is 3. The number of hydrogen-bond acceptors (Lipinski definition) is 5. The van der Waals surface area contributed by atoms with Gasteiger partial charge in [-0.15, -0.1) is 11.3 Å². The van der Waals surface area contributed by atoms with Gasteiger partial charge in [-0.3, -0.25) is 14.7 Å². The van der Waals surface area contributed by atoms with E-state index in [4.69, 9.17) is 0 Å². The van der Waals surface area contributed by atoms with E-state index in [0.717, 1.165) is 38.4 Å². The van der Waals surface area contributed by atoms with E-state index in [-0.39, 0.29) is 5.91 Å². The average molecular weight is 314 g/mol. The molecule has 6 heteroatoms. The van der Waals surface area contributed by atoms with Crippen LogP contribution in [0, 0.1) is 11.8 Å². The Hall–Kier alpha value is -1.79. The Kier molecular flexibility index (Phi) is 3.63. The Bertz CT molecular complexity index is 631. The third kappa shape index (κ3) is 2.64. The first-order valence-electron chi connectivity index (χ1n) is 7.59. The number of thiazole rings is 1. The van der Waals surface area contributed by atoms with Crippen LogP contribution in [0.15, 0.2) is 35.3 Å². The van der Waals surface area contributed by atoms with Crippen molar-refractivity contribution in [2.24, 2.45) is 11.8 Å². The zero-order chi connectivity index (χ0) is 14.9. The molecule has 22 heavy (non-hydrogen) atoms. The zero-order valence-electron chi connectivity index (χ0n) is 12.3. The van der Waals surface area contributed by atoms with E-state index in [9.17, 15) is 4.79 Å². The smallest absolute Gasteiger partial charge is 0.273 e. The topological polar surface area (TPSA) is 49.3 Å². The van der Waals surface area contributed by atoms with Gasteiger partial charge >= 0.3 is 0 Å². The minimum atomic E-state index is 0.0897. The first-order valence-corrected chi connectivity index (χ1v) is 8.53. The summed E-state index contributed by atoms with van der Waals surface area (Å²) in [7, 11) is 0. The number of likely N-dealkylation sites (tertiary alicyclic amines) is 2. The van der Waals surface area contributed by atoms with Gasteiger partial charge in [-0.25, -0.2) is 4.98 Å². The SMILES string of the molecule is O=C(c1cscn1)N1C[C@H]2CN(Cc3ccccn3)C[C@H]2C1. The minimum Gasteiger partial charge on any atom is -0.337 e. The minimum absolute atomic E-state index is 0.0897. The summed E-state index contributed by atoms with van der Waals surface area (Å²) in [5, 5.41) is 1.84. The summed E-state index contributed by atoms with van der Waals surface area (Å²) >= 11 is 1.48. The summed E-state index contributed by atoms with van der Waals surface area (Å²) < 4.78 is 0. The average Bonchev–Trinajstić information content (AvgIpc) is 3.23. The standard InChI is InChI=1S/C16H18N4OS/c21-16(15-10-22-11-18-15)20-7-12-5-19(6-13(12)8-20)9-14-3-1-2-4-17-14/h1-4,10-13H,5-9H2/t12-,13+. The van der Waals surface area contributed by atoms with Crippen LogP contribution in [0.25, 0.3) is 0 Å².